The van der Waals surface area contributed by atoms with Gasteiger partial charge in [0, 0.05) is 25.5 Å². The fraction of sp³-hybridized carbons (Fsp3) is 0.692. The molecule has 1 saturated carbocycles. The molecule has 18 heavy (non-hydrogen) atoms. The van der Waals surface area contributed by atoms with Crippen molar-refractivity contribution in [3.63, 3.8) is 0 Å². The number of halogens is 1. The average Bonchev–Trinajstić information content (AvgIpc) is 3.24. The lowest BCUT2D eigenvalue weighted by Gasteiger charge is -2.22. The lowest BCUT2D eigenvalue weighted by molar-refractivity contribution is 0.0780. The number of hydrogen-bond acceptors (Lipinski definition) is 4. The largest absolute Gasteiger partial charge is 0.381 e. The quantitative estimate of drug-likeness (QED) is 0.844. The SMILES string of the molecule is CNc1nc(C2CCCOC2)nc(C2CC2)c1I. The van der Waals surface area contributed by atoms with Gasteiger partial charge in [0.1, 0.15) is 11.6 Å². The fourth-order valence-corrected chi connectivity index (χ4v) is 3.35. The van der Waals surface area contributed by atoms with Crippen molar-refractivity contribution in [2.45, 2.75) is 37.5 Å². The molecule has 5 heteroatoms. The van der Waals surface area contributed by atoms with Gasteiger partial charge in [-0.3, -0.25) is 0 Å². The van der Waals surface area contributed by atoms with E-state index in [4.69, 9.17) is 9.72 Å². The minimum atomic E-state index is 0.375. The van der Waals surface area contributed by atoms with E-state index in [0.29, 0.717) is 11.8 Å². The average molecular weight is 359 g/mol. The Morgan fingerprint density at radius 2 is 2.06 bits per heavy atom. The highest BCUT2D eigenvalue weighted by Gasteiger charge is 2.30. The molecule has 1 saturated heterocycles. The van der Waals surface area contributed by atoms with E-state index in [1.807, 2.05) is 7.05 Å². The van der Waals surface area contributed by atoms with Crippen molar-refractivity contribution < 1.29 is 4.74 Å². The number of ether oxygens (including phenoxy) is 1. The molecule has 0 bridgehead atoms. The molecule has 1 atom stereocenters. The van der Waals surface area contributed by atoms with E-state index < -0.39 is 0 Å². The highest BCUT2D eigenvalue weighted by atomic mass is 127. The molecule has 1 N–H and O–H groups in total. The summed E-state index contributed by atoms with van der Waals surface area (Å²) in [6.07, 6.45) is 4.81. The van der Waals surface area contributed by atoms with E-state index in [1.54, 1.807) is 0 Å². The van der Waals surface area contributed by atoms with Gasteiger partial charge in [0.05, 0.1) is 15.9 Å². The maximum Gasteiger partial charge on any atom is 0.143 e. The van der Waals surface area contributed by atoms with E-state index >= 15 is 0 Å². The van der Waals surface area contributed by atoms with Crippen molar-refractivity contribution in [2.24, 2.45) is 0 Å². The second-order valence-electron chi connectivity index (χ2n) is 5.07. The zero-order valence-electron chi connectivity index (χ0n) is 10.6. The molecule has 1 aromatic heterocycles. The Labute approximate surface area is 121 Å². The summed E-state index contributed by atoms with van der Waals surface area (Å²) >= 11 is 2.36. The minimum absolute atomic E-state index is 0.375. The number of nitrogens with zero attached hydrogens (tertiary/aromatic N) is 2. The van der Waals surface area contributed by atoms with E-state index in [9.17, 15) is 0 Å². The maximum absolute atomic E-state index is 5.55. The lowest BCUT2D eigenvalue weighted by atomic mass is 10.0. The number of anilines is 1. The van der Waals surface area contributed by atoms with Crippen LogP contribution in [0.2, 0.25) is 0 Å². The summed E-state index contributed by atoms with van der Waals surface area (Å²) in [5, 5.41) is 3.20. The first-order valence-corrected chi connectivity index (χ1v) is 7.70. The molecule has 2 fully saturated rings. The first-order chi connectivity index (χ1) is 8.79. The van der Waals surface area contributed by atoms with Crippen LogP contribution >= 0.6 is 22.6 Å². The summed E-state index contributed by atoms with van der Waals surface area (Å²) in [5.74, 6) is 2.99. The molecule has 1 unspecified atom stereocenters. The monoisotopic (exact) mass is 359 g/mol. The van der Waals surface area contributed by atoms with E-state index in [1.165, 1.54) is 22.1 Å². The molecule has 4 nitrogen and oxygen atoms in total. The molecular formula is C13H18IN3O. The normalized spacial score (nSPS) is 24.0. The topological polar surface area (TPSA) is 47.0 Å². The Bertz CT molecular complexity index is 442. The molecule has 0 radical (unpaired) electrons. The Kier molecular flexibility index (Phi) is 3.70. The van der Waals surface area contributed by atoms with Gasteiger partial charge in [-0.1, -0.05) is 0 Å². The first kappa shape index (κ1) is 12.6. The van der Waals surface area contributed by atoms with Crippen LogP contribution in [0.1, 0.15) is 49.0 Å². The molecular weight excluding hydrogens is 341 g/mol. The Morgan fingerprint density at radius 3 is 2.67 bits per heavy atom. The lowest BCUT2D eigenvalue weighted by Crippen LogP contribution is -2.19. The molecule has 1 aromatic rings. The van der Waals surface area contributed by atoms with Crippen LogP contribution in [-0.4, -0.2) is 30.2 Å². The summed E-state index contributed by atoms with van der Waals surface area (Å²) in [6, 6.07) is 0. The van der Waals surface area contributed by atoms with Crippen LogP contribution < -0.4 is 5.32 Å². The predicted molar refractivity (Wildman–Crippen MR) is 79.1 cm³/mol. The van der Waals surface area contributed by atoms with Crippen molar-refractivity contribution in [2.75, 3.05) is 25.6 Å². The van der Waals surface area contributed by atoms with Crippen molar-refractivity contribution in [1.82, 2.24) is 9.97 Å². The van der Waals surface area contributed by atoms with Gasteiger partial charge in [-0.05, 0) is 48.3 Å². The van der Waals surface area contributed by atoms with Gasteiger partial charge in [0.25, 0.3) is 0 Å². The van der Waals surface area contributed by atoms with Gasteiger partial charge < -0.3 is 10.1 Å². The third-order valence-electron chi connectivity index (χ3n) is 3.62. The molecule has 98 valence electrons. The van der Waals surface area contributed by atoms with Gasteiger partial charge >= 0.3 is 0 Å². The molecule has 1 aliphatic heterocycles. The first-order valence-electron chi connectivity index (χ1n) is 6.62. The number of rotatable bonds is 3. The third kappa shape index (κ3) is 2.47. The molecule has 1 aliphatic carbocycles. The second kappa shape index (κ2) is 5.28. The van der Waals surface area contributed by atoms with Crippen LogP contribution in [0.5, 0.6) is 0 Å². The molecule has 2 heterocycles. The van der Waals surface area contributed by atoms with Crippen LogP contribution in [-0.2, 0) is 4.74 Å². The van der Waals surface area contributed by atoms with Gasteiger partial charge in [-0.2, -0.15) is 0 Å². The zero-order chi connectivity index (χ0) is 12.5. The minimum Gasteiger partial charge on any atom is -0.381 e. The molecule has 3 rings (SSSR count). The Hall–Kier alpha value is -0.430. The predicted octanol–water partition coefficient (Wildman–Crippen LogP) is 2.89. The summed E-state index contributed by atoms with van der Waals surface area (Å²) in [4.78, 5) is 9.50. The highest BCUT2D eigenvalue weighted by Crippen LogP contribution is 2.42. The summed E-state index contributed by atoms with van der Waals surface area (Å²) in [5.41, 5.74) is 1.25. The van der Waals surface area contributed by atoms with Crippen molar-refractivity contribution >= 4 is 28.4 Å². The zero-order valence-corrected chi connectivity index (χ0v) is 12.7. The van der Waals surface area contributed by atoms with Crippen molar-refractivity contribution in [3.8, 4) is 0 Å². The molecule has 0 aromatic carbocycles. The maximum atomic E-state index is 5.55. The van der Waals surface area contributed by atoms with E-state index in [-0.39, 0.29) is 0 Å². The Balaban J connectivity index is 1.95. The second-order valence-corrected chi connectivity index (χ2v) is 6.15. The van der Waals surface area contributed by atoms with Crippen molar-refractivity contribution in [1.29, 1.82) is 0 Å². The van der Waals surface area contributed by atoms with Gasteiger partial charge in [0.15, 0.2) is 0 Å². The number of aromatic nitrogens is 2. The van der Waals surface area contributed by atoms with E-state index in [2.05, 4.69) is 32.9 Å². The van der Waals surface area contributed by atoms with Crippen LogP contribution in [0.15, 0.2) is 0 Å². The molecule has 0 spiro atoms. The van der Waals surface area contributed by atoms with Gasteiger partial charge in [0.2, 0.25) is 0 Å². The van der Waals surface area contributed by atoms with Crippen LogP contribution in [0.25, 0.3) is 0 Å². The molecule has 2 aliphatic rings. The van der Waals surface area contributed by atoms with Crippen LogP contribution in [0, 0.1) is 3.57 Å². The smallest absolute Gasteiger partial charge is 0.143 e. The standard InChI is InChI=1S/C13H18IN3O/c1-15-13-10(14)11(8-4-5-8)16-12(17-13)9-3-2-6-18-7-9/h8-9H,2-7H2,1H3,(H,15,16,17). The Morgan fingerprint density at radius 1 is 1.22 bits per heavy atom. The third-order valence-corrected chi connectivity index (χ3v) is 4.68. The summed E-state index contributed by atoms with van der Waals surface area (Å²) < 4.78 is 6.75. The highest BCUT2D eigenvalue weighted by molar-refractivity contribution is 14.1. The summed E-state index contributed by atoms with van der Waals surface area (Å²) in [7, 11) is 1.93. The summed E-state index contributed by atoms with van der Waals surface area (Å²) in [6.45, 7) is 1.66. The van der Waals surface area contributed by atoms with Gasteiger partial charge in [-0.25, -0.2) is 9.97 Å². The number of hydrogen-bond donors (Lipinski definition) is 1. The van der Waals surface area contributed by atoms with Crippen LogP contribution in [0.4, 0.5) is 5.82 Å². The molecule has 0 amide bonds. The number of nitrogens with one attached hydrogen (secondary N) is 1. The van der Waals surface area contributed by atoms with Crippen LogP contribution in [0.3, 0.4) is 0 Å². The van der Waals surface area contributed by atoms with E-state index in [0.717, 1.165) is 37.7 Å². The fourth-order valence-electron chi connectivity index (χ4n) is 2.40. The van der Waals surface area contributed by atoms with Gasteiger partial charge in [-0.15, -0.1) is 0 Å². The van der Waals surface area contributed by atoms with Crippen molar-refractivity contribution in [3.05, 3.63) is 15.1 Å².